The predicted octanol–water partition coefficient (Wildman–Crippen LogP) is 2.76. The van der Waals surface area contributed by atoms with Crippen LogP contribution in [0.5, 0.6) is 5.75 Å². The molecule has 0 saturated heterocycles. The number of benzene rings is 2. The van der Waals surface area contributed by atoms with E-state index in [9.17, 15) is 8.42 Å². The first-order valence-corrected chi connectivity index (χ1v) is 11.4. The number of nitrogens with zero attached hydrogens (tertiary/aromatic N) is 2. The van der Waals surface area contributed by atoms with Crippen molar-refractivity contribution in [3.05, 3.63) is 59.7 Å². The Hall–Kier alpha value is -2.01. The summed E-state index contributed by atoms with van der Waals surface area (Å²) < 4.78 is 32.5. The minimum Gasteiger partial charge on any atom is -0.496 e. The van der Waals surface area contributed by atoms with Gasteiger partial charge in [0.15, 0.2) is 5.96 Å². The van der Waals surface area contributed by atoms with E-state index < -0.39 is 10.0 Å². The molecular weight excluding hydrogens is 515 g/mol. The van der Waals surface area contributed by atoms with Crippen molar-refractivity contribution in [3.63, 3.8) is 0 Å². The number of fused-ring (bicyclic) bond motifs is 1. The highest BCUT2D eigenvalue weighted by molar-refractivity contribution is 14.0. The summed E-state index contributed by atoms with van der Waals surface area (Å²) in [4.78, 5) is 4.55. The van der Waals surface area contributed by atoms with E-state index in [1.165, 1.54) is 4.31 Å². The van der Waals surface area contributed by atoms with Gasteiger partial charge in [-0.15, -0.1) is 24.0 Å². The van der Waals surface area contributed by atoms with Gasteiger partial charge >= 0.3 is 0 Å². The van der Waals surface area contributed by atoms with Crippen LogP contribution in [0, 0.1) is 0 Å². The summed E-state index contributed by atoms with van der Waals surface area (Å²) in [5.41, 5.74) is 2.84. The molecule has 0 bridgehead atoms. The summed E-state index contributed by atoms with van der Waals surface area (Å²) in [6.07, 6.45) is 0.756. The molecule has 2 aromatic carbocycles. The van der Waals surface area contributed by atoms with Crippen molar-refractivity contribution in [2.24, 2.45) is 4.99 Å². The lowest BCUT2D eigenvalue weighted by Crippen LogP contribution is -2.42. The quantitative estimate of drug-likeness (QED) is 0.304. The number of anilines is 1. The number of hydrogen-bond acceptors (Lipinski definition) is 4. The molecule has 164 valence electrons. The van der Waals surface area contributed by atoms with Crippen molar-refractivity contribution in [2.45, 2.75) is 19.9 Å². The number of rotatable bonds is 8. The molecule has 0 fully saturated rings. The Morgan fingerprint density at radius 2 is 1.87 bits per heavy atom. The van der Waals surface area contributed by atoms with Gasteiger partial charge in [0.05, 0.1) is 25.1 Å². The van der Waals surface area contributed by atoms with Gasteiger partial charge in [0.2, 0.25) is 10.0 Å². The Morgan fingerprint density at radius 3 is 2.63 bits per heavy atom. The number of para-hydroxylation sites is 2. The zero-order chi connectivity index (χ0) is 20.7. The van der Waals surface area contributed by atoms with Gasteiger partial charge < -0.3 is 15.4 Å². The molecule has 0 spiro atoms. The number of hydrogen-bond donors (Lipinski definition) is 2. The van der Waals surface area contributed by atoms with E-state index in [-0.39, 0.29) is 36.3 Å². The number of methoxy groups -OCH3 is 1. The fourth-order valence-electron chi connectivity index (χ4n) is 3.35. The van der Waals surface area contributed by atoms with Crippen LogP contribution in [0.3, 0.4) is 0 Å². The minimum absolute atomic E-state index is 0. The maximum absolute atomic E-state index is 12.8. The van der Waals surface area contributed by atoms with Crippen LogP contribution < -0.4 is 19.7 Å². The molecule has 0 radical (unpaired) electrons. The average molecular weight is 544 g/mol. The lowest BCUT2D eigenvalue weighted by molar-refractivity contribution is 0.410. The highest BCUT2D eigenvalue weighted by atomic mass is 127. The normalized spacial score (nSPS) is 13.4. The molecule has 2 aromatic rings. The standard InChI is InChI=1S/C21H28N4O3S.HI/c1-3-22-21(24-16-18-9-5-7-11-20(18)28-2)23-13-15-29(26,27)25-14-12-17-8-4-6-10-19(17)25;/h4-11H,3,12-16H2,1-2H3,(H2,22,23,24);1H. The van der Waals surface area contributed by atoms with Crippen molar-refractivity contribution in [2.75, 3.05) is 36.8 Å². The van der Waals surface area contributed by atoms with Crippen molar-refractivity contribution >= 4 is 45.6 Å². The lowest BCUT2D eigenvalue weighted by Gasteiger charge is -2.20. The number of guanidine groups is 1. The molecule has 9 heteroatoms. The molecule has 0 atom stereocenters. The average Bonchev–Trinajstić information content (AvgIpc) is 3.17. The highest BCUT2D eigenvalue weighted by Gasteiger charge is 2.28. The second-order valence-corrected chi connectivity index (χ2v) is 8.71. The van der Waals surface area contributed by atoms with Crippen LogP contribution in [-0.2, 0) is 23.0 Å². The summed E-state index contributed by atoms with van der Waals surface area (Å²) in [6.45, 7) is 3.87. The molecule has 30 heavy (non-hydrogen) atoms. The Kier molecular flexibility index (Phi) is 9.22. The third-order valence-electron chi connectivity index (χ3n) is 4.78. The zero-order valence-electron chi connectivity index (χ0n) is 17.3. The first-order chi connectivity index (χ1) is 14.0. The molecule has 0 unspecified atom stereocenters. The third kappa shape index (κ3) is 6.00. The van der Waals surface area contributed by atoms with Gasteiger partial charge in [-0.1, -0.05) is 36.4 Å². The van der Waals surface area contributed by atoms with E-state index in [4.69, 9.17) is 4.74 Å². The van der Waals surface area contributed by atoms with Crippen LogP contribution in [0.15, 0.2) is 53.5 Å². The Morgan fingerprint density at radius 1 is 1.13 bits per heavy atom. The summed E-state index contributed by atoms with van der Waals surface area (Å²) in [7, 11) is -1.76. The van der Waals surface area contributed by atoms with E-state index in [1.807, 2.05) is 55.5 Å². The van der Waals surface area contributed by atoms with Crippen LogP contribution in [0.2, 0.25) is 0 Å². The predicted molar refractivity (Wildman–Crippen MR) is 133 cm³/mol. The monoisotopic (exact) mass is 544 g/mol. The minimum atomic E-state index is -3.39. The summed E-state index contributed by atoms with van der Waals surface area (Å²) in [5, 5.41) is 6.28. The van der Waals surface area contributed by atoms with Gasteiger partial charge in [-0.05, 0) is 31.0 Å². The maximum atomic E-state index is 12.8. The van der Waals surface area contributed by atoms with Crippen LogP contribution >= 0.6 is 24.0 Å². The van der Waals surface area contributed by atoms with E-state index in [1.54, 1.807) is 7.11 Å². The number of ether oxygens (including phenoxy) is 1. The Labute approximate surface area is 196 Å². The number of halogens is 1. The Bertz CT molecular complexity index is 966. The van der Waals surface area contributed by atoms with E-state index in [0.29, 0.717) is 25.6 Å². The molecular formula is C21H29IN4O3S. The van der Waals surface area contributed by atoms with E-state index >= 15 is 0 Å². The van der Waals surface area contributed by atoms with E-state index in [2.05, 4.69) is 15.6 Å². The van der Waals surface area contributed by atoms with Gasteiger partial charge in [0.25, 0.3) is 0 Å². The molecule has 1 aliphatic rings. The zero-order valence-corrected chi connectivity index (χ0v) is 20.4. The Balaban J connectivity index is 0.00000320. The number of nitrogens with one attached hydrogen (secondary N) is 2. The molecule has 2 N–H and O–H groups in total. The second kappa shape index (κ2) is 11.4. The van der Waals surface area contributed by atoms with Crippen molar-refractivity contribution in [1.82, 2.24) is 10.6 Å². The second-order valence-electron chi connectivity index (χ2n) is 6.70. The lowest BCUT2D eigenvalue weighted by atomic mass is 10.2. The van der Waals surface area contributed by atoms with Crippen molar-refractivity contribution in [3.8, 4) is 5.75 Å². The first kappa shape index (κ1) is 24.3. The molecule has 0 aliphatic carbocycles. The van der Waals surface area contributed by atoms with Crippen LogP contribution in [0.1, 0.15) is 18.1 Å². The summed E-state index contributed by atoms with van der Waals surface area (Å²) in [5.74, 6) is 1.36. The number of aliphatic imine (C=N–C) groups is 1. The summed E-state index contributed by atoms with van der Waals surface area (Å²) >= 11 is 0. The third-order valence-corrected chi connectivity index (χ3v) is 6.55. The smallest absolute Gasteiger partial charge is 0.236 e. The maximum Gasteiger partial charge on any atom is 0.236 e. The van der Waals surface area contributed by atoms with Gasteiger partial charge in [-0.25, -0.2) is 13.4 Å². The molecule has 1 aliphatic heterocycles. The SMILES string of the molecule is CCNC(=NCc1ccccc1OC)NCCS(=O)(=O)N1CCc2ccccc21.I. The van der Waals surface area contributed by atoms with Crippen molar-refractivity contribution in [1.29, 1.82) is 0 Å². The van der Waals surface area contributed by atoms with E-state index in [0.717, 1.165) is 29.0 Å². The van der Waals surface area contributed by atoms with Crippen LogP contribution in [0.4, 0.5) is 5.69 Å². The number of sulfonamides is 1. The van der Waals surface area contributed by atoms with Crippen LogP contribution in [-0.4, -0.2) is 46.9 Å². The molecule has 7 nitrogen and oxygen atoms in total. The molecule has 0 amide bonds. The topological polar surface area (TPSA) is 83.0 Å². The fraction of sp³-hybridized carbons (Fsp3) is 0.381. The summed E-state index contributed by atoms with van der Waals surface area (Å²) in [6, 6.07) is 15.4. The van der Waals surface area contributed by atoms with Crippen LogP contribution in [0.25, 0.3) is 0 Å². The van der Waals surface area contributed by atoms with Gasteiger partial charge in [0.1, 0.15) is 5.75 Å². The molecule has 0 aromatic heterocycles. The van der Waals surface area contributed by atoms with Crippen molar-refractivity contribution < 1.29 is 13.2 Å². The highest BCUT2D eigenvalue weighted by Crippen LogP contribution is 2.29. The largest absolute Gasteiger partial charge is 0.496 e. The first-order valence-electron chi connectivity index (χ1n) is 9.77. The van der Waals surface area contributed by atoms with Gasteiger partial charge in [-0.3, -0.25) is 4.31 Å². The van der Waals surface area contributed by atoms with Gasteiger partial charge in [-0.2, -0.15) is 0 Å². The fourth-order valence-corrected chi connectivity index (χ4v) is 4.77. The van der Waals surface area contributed by atoms with Gasteiger partial charge in [0, 0.05) is 25.2 Å². The molecule has 0 saturated carbocycles. The molecule has 1 heterocycles. The molecule has 3 rings (SSSR count).